The molecular weight excluding hydrogens is 701 g/mol. The standard InChI is InChI=1S/2C17H20N4O2.CH4O3S.2CH4/c2*1-23-15-5-3-2-4-13(15)14-10-16(20-11-19-14)21-17(22)12-6-8-18-9-7-12;1-5(2,3)4;;/h2*2-5,10-12,18H,6-9H2,1H3,(H,19,20,21,22);1H3,(H,2,3,4);2*1H4. The molecule has 0 spiro atoms. The van der Waals surface area contributed by atoms with E-state index in [9.17, 15) is 18.0 Å². The highest BCUT2D eigenvalue weighted by Crippen LogP contribution is 2.30. The molecule has 0 bridgehead atoms. The summed E-state index contributed by atoms with van der Waals surface area (Å²) in [4.78, 5) is 41.5. The maximum Gasteiger partial charge on any atom is 0.261 e. The lowest BCUT2D eigenvalue weighted by molar-refractivity contribution is -0.121. The number of para-hydroxylation sites is 2. The van der Waals surface area contributed by atoms with Gasteiger partial charge in [-0.2, -0.15) is 8.42 Å². The van der Waals surface area contributed by atoms with Crippen LogP contribution in [-0.4, -0.2) is 91.4 Å². The number of piperidine rings is 2. The van der Waals surface area contributed by atoms with Gasteiger partial charge in [0, 0.05) is 35.1 Å². The Hall–Kier alpha value is -5.03. The summed E-state index contributed by atoms with van der Waals surface area (Å²) >= 11 is 0. The largest absolute Gasteiger partial charge is 0.496 e. The molecule has 0 unspecified atom stereocenters. The van der Waals surface area contributed by atoms with Crippen molar-refractivity contribution >= 4 is 33.6 Å². The Morgan fingerprint density at radius 3 is 1.36 bits per heavy atom. The maximum absolute atomic E-state index is 12.3. The number of nitrogens with one attached hydrogen (secondary N) is 4. The highest BCUT2D eigenvalue weighted by Gasteiger charge is 2.22. The highest BCUT2D eigenvalue weighted by molar-refractivity contribution is 7.85. The van der Waals surface area contributed by atoms with Gasteiger partial charge >= 0.3 is 0 Å². The lowest BCUT2D eigenvalue weighted by Crippen LogP contribution is -2.34. The van der Waals surface area contributed by atoms with Crippen molar-refractivity contribution in [2.24, 2.45) is 11.8 Å². The molecule has 53 heavy (non-hydrogen) atoms. The third kappa shape index (κ3) is 14.5. The van der Waals surface area contributed by atoms with Crippen molar-refractivity contribution < 1.29 is 32.0 Å². The summed E-state index contributed by atoms with van der Waals surface area (Å²) in [5.41, 5.74) is 3.18. The zero-order valence-electron chi connectivity index (χ0n) is 28.8. The molecule has 2 aliphatic heterocycles. The molecule has 2 amide bonds. The highest BCUT2D eigenvalue weighted by atomic mass is 32.2. The van der Waals surface area contributed by atoms with Crippen molar-refractivity contribution in [3.8, 4) is 34.0 Å². The molecule has 15 nitrogen and oxygen atoms in total. The van der Waals surface area contributed by atoms with E-state index in [1.54, 1.807) is 26.4 Å². The van der Waals surface area contributed by atoms with Gasteiger partial charge in [-0.25, -0.2) is 19.9 Å². The normalized spacial score (nSPS) is 14.3. The van der Waals surface area contributed by atoms with Crippen molar-refractivity contribution in [3.05, 3.63) is 73.3 Å². The SMILES string of the molecule is C.C.COc1ccccc1-c1cc(NC(=O)C2CCNCC2)ncn1.COc1ccccc1-c1cc(NC(=O)C2CCNCC2)ncn1.CS(=O)(=O)O. The minimum atomic E-state index is -3.67. The van der Waals surface area contributed by atoms with Crippen LogP contribution in [0, 0.1) is 11.8 Å². The van der Waals surface area contributed by atoms with Crippen molar-refractivity contribution in [1.82, 2.24) is 30.6 Å². The number of hydrogen-bond donors (Lipinski definition) is 5. The minimum Gasteiger partial charge on any atom is -0.496 e. The van der Waals surface area contributed by atoms with E-state index < -0.39 is 10.1 Å². The van der Waals surface area contributed by atoms with Crippen LogP contribution in [0.5, 0.6) is 11.5 Å². The zero-order valence-corrected chi connectivity index (χ0v) is 29.7. The van der Waals surface area contributed by atoms with Gasteiger partial charge in [0.2, 0.25) is 11.8 Å². The molecule has 4 heterocycles. The summed E-state index contributed by atoms with van der Waals surface area (Å²) in [6, 6.07) is 18.8. The second-order valence-corrected chi connectivity index (χ2v) is 13.2. The van der Waals surface area contributed by atoms with Gasteiger partial charge < -0.3 is 30.7 Å². The Balaban J connectivity index is 0.000000315. The van der Waals surface area contributed by atoms with Crippen LogP contribution in [0.4, 0.5) is 11.6 Å². The van der Waals surface area contributed by atoms with Crippen LogP contribution < -0.4 is 30.7 Å². The van der Waals surface area contributed by atoms with E-state index in [0.29, 0.717) is 17.9 Å². The minimum absolute atomic E-state index is 0. The van der Waals surface area contributed by atoms with Gasteiger partial charge in [-0.15, -0.1) is 0 Å². The quantitative estimate of drug-likeness (QED) is 0.151. The van der Waals surface area contributed by atoms with Gasteiger partial charge in [0.1, 0.15) is 35.8 Å². The smallest absolute Gasteiger partial charge is 0.261 e. The summed E-state index contributed by atoms with van der Waals surface area (Å²) in [7, 11) is -0.417. The molecule has 0 saturated carbocycles. The molecule has 6 rings (SSSR count). The second-order valence-electron chi connectivity index (χ2n) is 11.7. The van der Waals surface area contributed by atoms with Crippen LogP contribution in [0.15, 0.2) is 73.3 Å². The molecule has 4 aromatic rings. The third-order valence-corrected chi connectivity index (χ3v) is 8.02. The van der Waals surface area contributed by atoms with Gasteiger partial charge in [-0.3, -0.25) is 14.1 Å². The monoisotopic (exact) mass is 752 g/mol. The summed E-state index contributed by atoms with van der Waals surface area (Å²) in [6.45, 7) is 3.53. The van der Waals surface area contributed by atoms with Crippen LogP contribution in [0.2, 0.25) is 0 Å². The average Bonchev–Trinajstić information content (AvgIpc) is 3.15. The Morgan fingerprint density at radius 1 is 0.679 bits per heavy atom. The van der Waals surface area contributed by atoms with E-state index in [0.717, 1.165) is 85.9 Å². The Kier molecular flexibility index (Phi) is 18.4. The molecule has 2 aliphatic rings. The van der Waals surface area contributed by atoms with E-state index >= 15 is 0 Å². The Labute approximate surface area is 312 Å². The molecule has 2 aromatic carbocycles. The number of carbonyl (C=O) groups is 2. The molecule has 0 atom stereocenters. The number of carbonyl (C=O) groups excluding carboxylic acids is 2. The second kappa shape index (κ2) is 22.1. The first-order chi connectivity index (χ1) is 24.6. The van der Waals surface area contributed by atoms with E-state index in [-0.39, 0.29) is 38.5 Å². The third-order valence-electron chi connectivity index (χ3n) is 8.02. The summed E-state index contributed by atoms with van der Waals surface area (Å²) < 4.78 is 36.6. The predicted molar refractivity (Wildman–Crippen MR) is 207 cm³/mol. The fourth-order valence-electron chi connectivity index (χ4n) is 5.48. The summed E-state index contributed by atoms with van der Waals surface area (Å²) in [5, 5.41) is 12.3. The van der Waals surface area contributed by atoms with Crippen LogP contribution >= 0.6 is 0 Å². The lowest BCUT2D eigenvalue weighted by Gasteiger charge is -2.21. The summed E-state index contributed by atoms with van der Waals surface area (Å²) in [6.07, 6.45) is 7.06. The number of hydrogen-bond acceptors (Lipinski definition) is 12. The van der Waals surface area contributed by atoms with E-state index in [4.69, 9.17) is 14.0 Å². The molecule has 2 fully saturated rings. The van der Waals surface area contributed by atoms with Gasteiger partial charge in [-0.05, 0) is 76.1 Å². The number of benzene rings is 2. The van der Waals surface area contributed by atoms with Crippen molar-refractivity contribution in [2.75, 3.05) is 57.3 Å². The van der Waals surface area contributed by atoms with Crippen LogP contribution in [0.3, 0.4) is 0 Å². The number of anilines is 2. The summed E-state index contributed by atoms with van der Waals surface area (Å²) in [5.74, 6) is 2.65. The molecule has 2 saturated heterocycles. The van der Waals surface area contributed by atoms with Crippen LogP contribution in [0.1, 0.15) is 40.5 Å². The van der Waals surface area contributed by atoms with E-state index in [2.05, 4.69) is 41.2 Å². The Morgan fingerprint density at radius 2 is 1.02 bits per heavy atom. The van der Waals surface area contributed by atoms with Gasteiger partial charge in [-0.1, -0.05) is 39.1 Å². The number of rotatable bonds is 8. The number of amides is 2. The Bertz CT molecular complexity index is 1720. The molecule has 288 valence electrons. The van der Waals surface area contributed by atoms with Gasteiger partial charge in [0.05, 0.1) is 31.9 Å². The molecule has 5 N–H and O–H groups in total. The molecule has 0 radical (unpaired) electrons. The predicted octanol–water partition coefficient (Wildman–Crippen LogP) is 4.96. The lowest BCUT2D eigenvalue weighted by atomic mass is 9.97. The number of nitrogens with zero attached hydrogens (tertiary/aromatic N) is 4. The fraction of sp³-hybridized carbons (Fsp3) is 0.405. The van der Waals surface area contributed by atoms with E-state index in [1.807, 2.05) is 48.5 Å². The van der Waals surface area contributed by atoms with Crippen LogP contribution in [-0.2, 0) is 19.7 Å². The van der Waals surface area contributed by atoms with Crippen molar-refractivity contribution in [3.63, 3.8) is 0 Å². The molecular formula is C37H52N8O7S. The molecule has 0 aliphatic carbocycles. The first-order valence-electron chi connectivity index (χ1n) is 16.4. The number of ether oxygens (including phenoxy) is 2. The average molecular weight is 753 g/mol. The van der Waals surface area contributed by atoms with Gasteiger partial charge in [0.15, 0.2) is 0 Å². The van der Waals surface area contributed by atoms with E-state index in [1.165, 1.54) is 12.7 Å². The zero-order chi connectivity index (χ0) is 36.6. The number of methoxy groups -OCH3 is 2. The first-order valence-corrected chi connectivity index (χ1v) is 18.3. The topological polar surface area (TPSA) is 207 Å². The molecule has 2 aromatic heterocycles. The van der Waals surface area contributed by atoms with Crippen LogP contribution in [0.25, 0.3) is 22.5 Å². The van der Waals surface area contributed by atoms with Gasteiger partial charge in [0.25, 0.3) is 10.1 Å². The molecule has 16 heteroatoms. The first kappa shape index (κ1) is 44.1. The number of aromatic nitrogens is 4. The maximum atomic E-state index is 12.3. The van der Waals surface area contributed by atoms with Crippen molar-refractivity contribution in [2.45, 2.75) is 40.5 Å². The van der Waals surface area contributed by atoms with Crippen molar-refractivity contribution in [1.29, 1.82) is 0 Å². The fourth-order valence-corrected chi connectivity index (χ4v) is 5.48.